The summed E-state index contributed by atoms with van der Waals surface area (Å²) in [4.78, 5) is 38.3. The van der Waals surface area contributed by atoms with Crippen LogP contribution in [-0.2, 0) is 16.1 Å². The summed E-state index contributed by atoms with van der Waals surface area (Å²) in [5.41, 5.74) is 3.23. The second-order valence-corrected chi connectivity index (χ2v) is 8.75. The molecule has 0 aliphatic carbocycles. The van der Waals surface area contributed by atoms with Gasteiger partial charge >= 0.3 is 6.03 Å². The number of aryl methyl sites for hydroxylation is 1. The zero-order chi connectivity index (χ0) is 24.9. The number of anilines is 1. The number of imide groups is 1. The molecule has 178 valence electrons. The van der Waals surface area contributed by atoms with Crippen LogP contribution in [0.25, 0.3) is 6.08 Å². The van der Waals surface area contributed by atoms with Crippen molar-refractivity contribution in [2.24, 2.45) is 0 Å². The molecule has 0 radical (unpaired) electrons. The lowest BCUT2D eigenvalue weighted by molar-refractivity contribution is -0.123. The summed E-state index contributed by atoms with van der Waals surface area (Å²) >= 11 is 3.40. The second kappa shape index (κ2) is 10.5. The first kappa shape index (κ1) is 24.2. The molecule has 1 heterocycles. The highest BCUT2D eigenvalue weighted by Gasteiger charge is 2.33. The Labute approximate surface area is 209 Å². The second-order valence-electron chi connectivity index (χ2n) is 7.90. The van der Waals surface area contributed by atoms with Crippen LogP contribution in [0.5, 0.6) is 5.75 Å². The summed E-state index contributed by atoms with van der Waals surface area (Å²) in [6.45, 7) is 1.90. The van der Waals surface area contributed by atoms with Crippen molar-refractivity contribution < 1.29 is 23.5 Å². The van der Waals surface area contributed by atoms with Crippen LogP contribution in [0.1, 0.15) is 16.7 Å². The van der Waals surface area contributed by atoms with Crippen molar-refractivity contribution in [3.63, 3.8) is 0 Å². The van der Waals surface area contributed by atoms with Gasteiger partial charge in [-0.15, -0.1) is 0 Å². The molecule has 35 heavy (non-hydrogen) atoms. The maximum Gasteiger partial charge on any atom is 0.329 e. The van der Waals surface area contributed by atoms with E-state index in [2.05, 4.69) is 26.6 Å². The number of ether oxygens (including phenoxy) is 1. The lowest BCUT2D eigenvalue weighted by Gasteiger charge is -2.12. The molecule has 0 unspecified atom stereocenters. The predicted molar refractivity (Wildman–Crippen MR) is 133 cm³/mol. The molecular weight excluding hydrogens is 517 g/mol. The largest absolute Gasteiger partial charge is 0.483 e. The fourth-order valence-electron chi connectivity index (χ4n) is 3.36. The molecule has 3 aromatic carbocycles. The van der Waals surface area contributed by atoms with E-state index in [9.17, 15) is 18.8 Å². The van der Waals surface area contributed by atoms with Crippen molar-refractivity contribution in [2.45, 2.75) is 13.5 Å². The highest BCUT2D eigenvalue weighted by molar-refractivity contribution is 9.10. The predicted octanol–water partition coefficient (Wildman–Crippen LogP) is 5.01. The first-order chi connectivity index (χ1) is 16.8. The molecule has 0 aromatic heterocycles. The van der Waals surface area contributed by atoms with Crippen LogP contribution in [0.4, 0.5) is 14.9 Å². The van der Waals surface area contributed by atoms with Crippen molar-refractivity contribution >= 4 is 45.5 Å². The Hall–Kier alpha value is -3.98. The van der Waals surface area contributed by atoms with Crippen molar-refractivity contribution in [3.05, 3.63) is 99.4 Å². The third kappa shape index (κ3) is 6.13. The number of nitrogens with one attached hydrogen (secondary N) is 2. The van der Waals surface area contributed by atoms with Gasteiger partial charge in [0.15, 0.2) is 6.61 Å². The molecule has 1 aliphatic heterocycles. The zero-order valence-electron chi connectivity index (χ0n) is 18.7. The Morgan fingerprint density at radius 1 is 1.09 bits per heavy atom. The molecule has 0 atom stereocenters. The fourth-order valence-corrected chi connectivity index (χ4v) is 3.87. The molecule has 0 saturated carbocycles. The first-order valence-electron chi connectivity index (χ1n) is 10.7. The van der Waals surface area contributed by atoms with Gasteiger partial charge in [0.1, 0.15) is 17.3 Å². The Bertz CT molecular complexity index is 1310. The molecule has 0 bridgehead atoms. The van der Waals surface area contributed by atoms with Gasteiger partial charge in [-0.2, -0.15) is 0 Å². The number of hydrogen-bond donors (Lipinski definition) is 2. The normalized spacial score (nSPS) is 14.3. The molecule has 9 heteroatoms. The highest BCUT2D eigenvalue weighted by atomic mass is 79.9. The molecule has 4 rings (SSSR count). The number of halogens is 2. The third-order valence-electron chi connectivity index (χ3n) is 5.18. The number of hydrogen-bond acceptors (Lipinski definition) is 4. The van der Waals surface area contributed by atoms with E-state index in [4.69, 9.17) is 4.74 Å². The van der Waals surface area contributed by atoms with E-state index < -0.39 is 23.7 Å². The molecule has 3 aromatic rings. The van der Waals surface area contributed by atoms with E-state index in [0.29, 0.717) is 21.5 Å². The van der Waals surface area contributed by atoms with Crippen LogP contribution < -0.4 is 15.4 Å². The van der Waals surface area contributed by atoms with Crippen LogP contribution in [0, 0.1) is 12.7 Å². The van der Waals surface area contributed by atoms with E-state index in [0.717, 1.165) is 16.0 Å². The maximum atomic E-state index is 13.0. The molecule has 1 fully saturated rings. The number of carbonyl (C=O) groups is 3. The average Bonchev–Trinajstić information content (AvgIpc) is 3.08. The van der Waals surface area contributed by atoms with Crippen molar-refractivity contribution in [1.82, 2.24) is 10.2 Å². The molecular formula is C26H21BrFN3O4. The first-order valence-corrected chi connectivity index (χ1v) is 11.5. The van der Waals surface area contributed by atoms with E-state index in [1.54, 1.807) is 24.3 Å². The molecule has 0 spiro atoms. The quantitative estimate of drug-likeness (QED) is 0.327. The Morgan fingerprint density at radius 3 is 2.49 bits per heavy atom. The number of amides is 4. The van der Waals surface area contributed by atoms with Crippen molar-refractivity contribution in [3.8, 4) is 5.75 Å². The summed E-state index contributed by atoms with van der Waals surface area (Å²) in [7, 11) is 0. The summed E-state index contributed by atoms with van der Waals surface area (Å²) in [5.74, 6) is -0.785. The summed E-state index contributed by atoms with van der Waals surface area (Å²) in [6.07, 6.45) is 1.57. The monoisotopic (exact) mass is 537 g/mol. The van der Waals surface area contributed by atoms with Gasteiger partial charge in [-0.1, -0.05) is 35.9 Å². The van der Waals surface area contributed by atoms with Gasteiger partial charge in [0.2, 0.25) is 0 Å². The minimum Gasteiger partial charge on any atom is -0.483 e. The Morgan fingerprint density at radius 2 is 1.80 bits per heavy atom. The molecule has 1 aliphatic rings. The molecule has 7 nitrogen and oxygen atoms in total. The minimum atomic E-state index is -0.479. The van der Waals surface area contributed by atoms with E-state index in [-0.39, 0.29) is 18.8 Å². The Balaban J connectivity index is 1.37. The molecule has 1 saturated heterocycles. The number of rotatable bonds is 7. The van der Waals surface area contributed by atoms with Gasteiger partial charge < -0.3 is 15.4 Å². The van der Waals surface area contributed by atoms with E-state index in [1.807, 2.05) is 31.2 Å². The zero-order valence-corrected chi connectivity index (χ0v) is 20.3. The van der Waals surface area contributed by atoms with Crippen LogP contribution in [-0.4, -0.2) is 29.4 Å². The lowest BCUT2D eigenvalue weighted by atomic mass is 10.1. The standard InChI is InChI=1S/C26H21BrFN3O4/c1-16-2-4-17(5-3-16)14-31-25(33)22(30-26(31)34)13-18-6-11-23(21(27)12-18)35-15-24(32)29-20-9-7-19(28)8-10-20/h2-13H,14-15H2,1H3,(H,29,32)(H,30,34)/b22-13+. The smallest absolute Gasteiger partial charge is 0.329 e. The van der Waals surface area contributed by atoms with Crippen LogP contribution >= 0.6 is 15.9 Å². The average molecular weight is 538 g/mol. The summed E-state index contributed by atoms with van der Waals surface area (Å²) in [5, 5.41) is 5.22. The molecule has 2 N–H and O–H groups in total. The van der Waals surface area contributed by atoms with E-state index >= 15 is 0 Å². The van der Waals surface area contributed by atoms with Crippen molar-refractivity contribution in [2.75, 3.05) is 11.9 Å². The third-order valence-corrected chi connectivity index (χ3v) is 5.80. The van der Waals surface area contributed by atoms with Crippen molar-refractivity contribution in [1.29, 1.82) is 0 Å². The summed E-state index contributed by atoms with van der Waals surface area (Å²) < 4.78 is 19.1. The van der Waals surface area contributed by atoms with Gasteiger partial charge in [-0.3, -0.25) is 14.5 Å². The number of nitrogens with zero attached hydrogens (tertiary/aromatic N) is 1. The SMILES string of the molecule is Cc1ccc(CN2C(=O)N/C(=C/c3ccc(OCC(=O)Nc4ccc(F)cc4)c(Br)c3)C2=O)cc1. The van der Waals surface area contributed by atoms with Gasteiger partial charge in [0.05, 0.1) is 11.0 Å². The highest BCUT2D eigenvalue weighted by Crippen LogP contribution is 2.27. The van der Waals surface area contributed by atoms with Crippen LogP contribution in [0.2, 0.25) is 0 Å². The van der Waals surface area contributed by atoms with Gasteiger partial charge in [0.25, 0.3) is 11.8 Å². The van der Waals surface area contributed by atoms with Gasteiger partial charge in [0, 0.05) is 5.69 Å². The van der Waals surface area contributed by atoms with Gasteiger partial charge in [-0.05, 0) is 76.5 Å². The molecule has 4 amide bonds. The summed E-state index contributed by atoms with van der Waals surface area (Å²) in [6, 6.07) is 17.6. The van der Waals surface area contributed by atoms with E-state index in [1.165, 1.54) is 24.3 Å². The fraction of sp³-hybridized carbons (Fsp3) is 0.115. The Kier molecular flexibility index (Phi) is 7.26. The van der Waals surface area contributed by atoms with Crippen LogP contribution in [0.3, 0.4) is 0 Å². The van der Waals surface area contributed by atoms with Crippen LogP contribution in [0.15, 0.2) is 76.9 Å². The number of benzene rings is 3. The van der Waals surface area contributed by atoms with Gasteiger partial charge in [-0.25, -0.2) is 9.18 Å². The number of urea groups is 1. The maximum absolute atomic E-state index is 13.0. The number of carbonyl (C=O) groups excluding carboxylic acids is 3. The topological polar surface area (TPSA) is 87.7 Å². The lowest BCUT2D eigenvalue weighted by Crippen LogP contribution is -2.30. The minimum absolute atomic E-state index is 0.168.